The average Bonchev–Trinajstić information content (AvgIpc) is 2.93. The summed E-state index contributed by atoms with van der Waals surface area (Å²) in [6.45, 7) is 5.89. The van der Waals surface area contributed by atoms with Crippen LogP contribution >= 0.6 is 11.6 Å². The van der Waals surface area contributed by atoms with Crippen molar-refractivity contribution in [3.63, 3.8) is 0 Å². The highest BCUT2D eigenvalue weighted by molar-refractivity contribution is 6.39. The van der Waals surface area contributed by atoms with Crippen molar-refractivity contribution in [1.29, 1.82) is 0 Å². The van der Waals surface area contributed by atoms with E-state index in [9.17, 15) is 9.90 Å². The summed E-state index contributed by atoms with van der Waals surface area (Å²) in [7, 11) is 0. The largest absolute Gasteiger partial charge is 0.507 e. The maximum absolute atomic E-state index is 12.1. The number of ether oxygens (including phenoxy) is 2. The van der Waals surface area contributed by atoms with Crippen molar-refractivity contribution in [2.24, 2.45) is 0 Å². The van der Waals surface area contributed by atoms with E-state index in [0.717, 1.165) is 11.3 Å². The highest BCUT2D eigenvalue weighted by Crippen LogP contribution is 2.41. The van der Waals surface area contributed by atoms with Crippen molar-refractivity contribution in [1.82, 2.24) is 4.98 Å². The number of hydrogen-bond donors (Lipinski definition) is 2. The van der Waals surface area contributed by atoms with Crippen LogP contribution in [0.1, 0.15) is 31.3 Å². The number of carbonyl (C=O) groups excluding carboxylic acids is 1. The number of nitrogens with one attached hydrogen (secondary N) is 1. The predicted octanol–water partition coefficient (Wildman–Crippen LogP) is 5.16. The molecular formula is C20H20ClNO4. The Morgan fingerprint density at radius 2 is 1.88 bits per heavy atom. The number of rotatable bonds is 5. The monoisotopic (exact) mass is 373 g/mol. The Morgan fingerprint density at radius 3 is 2.50 bits per heavy atom. The number of benzene rings is 2. The van der Waals surface area contributed by atoms with E-state index >= 15 is 0 Å². The molecule has 0 atom stereocenters. The fraction of sp³-hybridized carbons (Fsp3) is 0.250. The van der Waals surface area contributed by atoms with Gasteiger partial charge < -0.3 is 19.6 Å². The molecule has 2 N–H and O–H groups in total. The Kier molecular flexibility index (Phi) is 5.09. The highest BCUT2D eigenvalue weighted by Gasteiger charge is 2.22. The quantitative estimate of drug-likeness (QED) is 0.606. The average molecular weight is 374 g/mol. The number of fused-ring (bicyclic) bond motifs is 1. The molecule has 0 saturated carbocycles. The second-order valence-corrected chi connectivity index (χ2v) is 6.49. The van der Waals surface area contributed by atoms with Crippen molar-refractivity contribution in [3.8, 4) is 22.6 Å². The summed E-state index contributed by atoms with van der Waals surface area (Å²) in [4.78, 5) is 15.1. The van der Waals surface area contributed by atoms with Crippen LogP contribution in [0.5, 0.6) is 11.5 Å². The van der Waals surface area contributed by atoms with Crippen LogP contribution in [0.25, 0.3) is 22.0 Å². The minimum atomic E-state index is -0.528. The first-order valence-electron chi connectivity index (χ1n) is 8.39. The predicted molar refractivity (Wildman–Crippen MR) is 102 cm³/mol. The zero-order valence-electron chi connectivity index (χ0n) is 14.8. The van der Waals surface area contributed by atoms with Crippen molar-refractivity contribution < 1.29 is 19.4 Å². The fourth-order valence-electron chi connectivity index (χ4n) is 2.85. The smallest absolute Gasteiger partial charge is 0.356 e. The van der Waals surface area contributed by atoms with Crippen molar-refractivity contribution >= 4 is 28.5 Å². The van der Waals surface area contributed by atoms with Gasteiger partial charge in [0.05, 0.1) is 17.7 Å². The number of aromatic amines is 1. The molecule has 0 aliphatic carbocycles. The molecule has 0 amide bonds. The second kappa shape index (κ2) is 7.30. The van der Waals surface area contributed by atoms with E-state index in [4.69, 9.17) is 21.1 Å². The van der Waals surface area contributed by atoms with Crippen LogP contribution in [-0.4, -0.2) is 28.8 Å². The van der Waals surface area contributed by atoms with Gasteiger partial charge in [0, 0.05) is 16.5 Å². The fourth-order valence-corrected chi connectivity index (χ4v) is 3.17. The number of phenolic OH excluding ortho intramolecular Hbond substituents is 1. The summed E-state index contributed by atoms with van der Waals surface area (Å²) < 4.78 is 10.7. The van der Waals surface area contributed by atoms with Gasteiger partial charge in [0.2, 0.25) is 0 Å². The summed E-state index contributed by atoms with van der Waals surface area (Å²) in [5.41, 5.74) is 2.14. The van der Waals surface area contributed by atoms with E-state index in [-0.39, 0.29) is 29.2 Å². The Morgan fingerprint density at radius 1 is 1.19 bits per heavy atom. The van der Waals surface area contributed by atoms with Gasteiger partial charge in [-0.3, -0.25) is 0 Å². The Bertz CT molecular complexity index is 945. The molecule has 3 rings (SSSR count). The Labute approximate surface area is 156 Å². The third-order valence-corrected chi connectivity index (χ3v) is 4.25. The van der Waals surface area contributed by atoms with Gasteiger partial charge in [0.15, 0.2) is 0 Å². The third-order valence-electron chi connectivity index (χ3n) is 3.88. The Balaban J connectivity index is 2.13. The zero-order valence-corrected chi connectivity index (χ0v) is 15.6. The molecule has 1 heterocycles. The maximum atomic E-state index is 12.1. The lowest BCUT2D eigenvalue weighted by molar-refractivity contribution is 0.0521. The molecule has 0 bridgehead atoms. The van der Waals surface area contributed by atoms with Crippen LogP contribution in [0, 0.1) is 0 Å². The lowest BCUT2D eigenvalue weighted by Crippen LogP contribution is -2.05. The van der Waals surface area contributed by atoms with E-state index in [1.165, 1.54) is 0 Å². The van der Waals surface area contributed by atoms with Gasteiger partial charge in [-0.1, -0.05) is 23.7 Å². The van der Waals surface area contributed by atoms with E-state index < -0.39 is 5.97 Å². The number of hydrogen-bond acceptors (Lipinski definition) is 4. The molecule has 26 heavy (non-hydrogen) atoms. The molecule has 0 spiro atoms. The lowest BCUT2D eigenvalue weighted by Gasteiger charge is -2.11. The molecule has 0 fully saturated rings. The van der Waals surface area contributed by atoms with Crippen LogP contribution in [0.15, 0.2) is 36.4 Å². The van der Waals surface area contributed by atoms with Gasteiger partial charge in [0.1, 0.15) is 17.2 Å². The van der Waals surface area contributed by atoms with Crippen molar-refractivity contribution in [2.45, 2.75) is 26.9 Å². The molecule has 2 aromatic carbocycles. The molecule has 5 nitrogen and oxygen atoms in total. The third kappa shape index (κ3) is 3.35. The molecule has 0 aliphatic rings. The molecule has 3 aromatic rings. The van der Waals surface area contributed by atoms with Crippen LogP contribution in [0.2, 0.25) is 5.02 Å². The van der Waals surface area contributed by atoms with Gasteiger partial charge in [0.25, 0.3) is 0 Å². The Hall–Kier alpha value is -2.66. The summed E-state index contributed by atoms with van der Waals surface area (Å²) in [6.07, 6.45) is 0.0731. The molecule has 6 heteroatoms. The molecule has 1 aromatic heterocycles. The summed E-state index contributed by atoms with van der Waals surface area (Å²) >= 11 is 6.45. The number of aromatic hydroxyl groups is 1. The standard InChI is InChI=1S/C20H20ClNO4/c1-4-25-20(24)19-18(21)17-14(22-19)9-10-15(23)16(17)12-5-7-13(8-6-12)26-11(2)3/h5-11,22-23H,4H2,1-3H3. The number of carbonyl (C=O) groups is 1. The number of phenols is 1. The molecular weight excluding hydrogens is 354 g/mol. The van der Waals surface area contributed by atoms with Gasteiger partial charge in [-0.25, -0.2) is 4.79 Å². The minimum Gasteiger partial charge on any atom is -0.507 e. The van der Waals surface area contributed by atoms with Crippen LogP contribution < -0.4 is 4.74 Å². The SMILES string of the molecule is CCOC(=O)c1[nH]c2ccc(O)c(-c3ccc(OC(C)C)cc3)c2c1Cl. The molecule has 0 unspecified atom stereocenters. The molecule has 0 radical (unpaired) electrons. The number of esters is 1. The van der Waals surface area contributed by atoms with Gasteiger partial charge >= 0.3 is 5.97 Å². The van der Waals surface area contributed by atoms with E-state index in [2.05, 4.69) is 4.98 Å². The first-order valence-corrected chi connectivity index (χ1v) is 8.77. The van der Waals surface area contributed by atoms with Crippen molar-refractivity contribution in [2.75, 3.05) is 6.61 Å². The van der Waals surface area contributed by atoms with Gasteiger partial charge in [-0.15, -0.1) is 0 Å². The first kappa shape index (κ1) is 18.1. The van der Waals surface area contributed by atoms with Crippen molar-refractivity contribution in [3.05, 3.63) is 47.1 Å². The number of H-pyrrole nitrogens is 1. The maximum Gasteiger partial charge on any atom is 0.356 e. The van der Waals surface area contributed by atoms with Gasteiger partial charge in [-0.2, -0.15) is 0 Å². The molecule has 0 aliphatic heterocycles. The molecule has 0 saturated heterocycles. The van der Waals surface area contributed by atoms with E-state index in [1.54, 1.807) is 19.1 Å². The lowest BCUT2D eigenvalue weighted by atomic mass is 10.00. The first-order chi connectivity index (χ1) is 12.4. The summed E-state index contributed by atoms with van der Waals surface area (Å²) in [5, 5.41) is 11.2. The van der Waals surface area contributed by atoms with Crippen LogP contribution in [0.3, 0.4) is 0 Å². The van der Waals surface area contributed by atoms with Crippen LogP contribution in [0.4, 0.5) is 0 Å². The minimum absolute atomic E-state index is 0.0731. The zero-order chi connectivity index (χ0) is 18.8. The summed E-state index contributed by atoms with van der Waals surface area (Å²) in [6, 6.07) is 10.6. The highest BCUT2D eigenvalue weighted by atomic mass is 35.5. The van der Waals surface area contributed by atoms with E-state index in [0.29, 0.717) is 16.5 Å². The topological polar surface area (TPSA) is 71.6 Å². The van der Waals surface area contributed by atoms with E-state index in [1.807, 2.05) is 38.1 Å². The van der Waals surface area contributed by atoms with Gasteiger partial charge in [-0.05, 0) is 50.6 Å². The molecule has 136 valence electrons. The number of aromatic nitrogens is 1. The summed E-state index contributed by atoms with van der Waals surface area (Å²) in [5.74, 6) is 0.286. The second-order valence-electron chi connectivity index (χ2n) is 6.11. The normalized spacial score (nSPS) is 11.1. The number of halogens is 1. The van der Waals surface area contributed by atoms with Crippen LogP contribution in [-0.2, 0) is 4.74 Å².